The molecule has 2 heterocycles. The number of aromatic nitrogens is 3. The average Bonchev–Trinajstić information content (AvgIpc) is 2.51. The minimum absolute atomic E-state index is 0.0740. The van der Waals surface area contributed by atoms with Gasteiger partial charge in [0, 0.05) is 12.4 Å². The molecule has 0 atom stereocenters. The molecule has 0 saturated heterocycles. The fourth-order valence-corrected chi connectivity index (χ4v) is 2.36. The number of alkyl halides is 1. The molecule has 0 saturated carbocycles. The molecule has 4 nitrogen and oxygen atoms in total. The van der Waals surface area contributed by atoms with Crippen LogP contribution in [0, 0.1) is 0 Å². The van der Waals surface area contributed by atoms with Gasteiger partial charge in [-0.05, 0) is 23.8 Å². The third-order valence-electron chi connectivity index (χ3n) is 3.12. The molecule has 2 aromatic heterocycles. The van der Waals surface area contributed by atoms with E-state index in [2.05, 4.69) is 9.97 Å². The minimum Gasteiger partial charge on any atom is -0.291 e. The summed E-state index contributed by atoms with van der Waals surface area (Å²) in [6.45, 7) is 0.423. The fraction of sp³-hybridized carbons (Fsp3) is 0.133. The fourth-order valence-electron chi connectivity index (χ4n) is 2.15. The topological polar surface area (TPSA) is 47.8 Å². The molecule has 0 aliphatic rings. The van der Waals surface area contributed by atoms with E-state index >= 15 is 0 Å². The Bertz CT molecular complexity index is 799. The van der Waals surface area contributed by atoms with Gasteiger partial charge in [0.2, 0.25) is 0 Å². The van der Waals surface area contributed by atoms with Gasteiger partial charge in [-0.25, -0.2) is 4.98 Å². The molecular formula is C15H12ClN3O. The molecule has 0 N–H and O–H groups in total. The molecule has 0 amide bonds. The highest BCUT2D eigenvalue weighted by Gasteiger charge is 2.10. The number of hydrogen-bond donors (Lipinski definition) is 0. The Morgan fingerprint density at radius 2 is 2.00 bits per heavy atom. The van der Waals surface area contributed by atoms with Crippen molar-refractivity contribution in [3.8, 4) is 0 Å². The summed E-state index contributed by atoms with van der Waals surface area (Å²) in [5, 5.41) is 0.602. The van der Waals surface area contributed by atoms with Crippen LogP contribution in [0.5, 0.6) is 0 Å². The zero-order chi connectivity index (χ0) is 13.9. The number of para-hydroxylation sites is 1. The van der Waals surface area contributed by atoms with Crippen molar-refractivity contribution in [2.24, 2.45) is 0 Å². The maximum atomic E-state index is 12.6. The molecule has 0 spiro atoms. The molecular weight excluding hydrogens is 274 g/mol. The second kappa shape index (κ2) is 5.43. The van der Waals surface area contributed by atoms with Gasteiger partial charge in [-0.2, -0.15) is 0 Å². The first-order chi connectivity index (χ1) is 9.79. The van der Waals surface area contributed by atoms with E-state index < -0.39 is 0 Å². The number of pyridine rings is 1. The van der Waals surface area contributed by atoms with E-state index in [4.69, 9.17) is 11.6 Å². The van der Waals surface area contributed by atoms with Gasteiger partial charge in [-0.1, -0.05) is 18.2 Å². The van der Waals surface area contributed by atoms with Crippen molar-refractivity contribution in [1.82, 2.24) is 14.5 Å². The largest absolute Gasteiger partial charge is 0.291 e. The zero-order valence-corrected chi connectivity index (χ0v) is 11.4. The van der Waals surface area contributed by atoms with E-state index in [1.54, 1.807) is 23.0 Å². The second-order valence-corrected chi connectivity index (χ2v) is 4.70. The van der Waals surface area contributed by atoms with Gasteiger partial charge in [0.25, 0.3) is 5.56 Å². The van der Waals surface area contributed by atoms with Gasteiger partial charge in [0.1, 0.15) is 5.82 Å². The number of nitrogens with zero attached hydrogens (tertiary/aromatic N) is 3. The average molecular weight is 286 g/mol. The predicted octanol–water partition coefficient (Wildman–Crippen LogP) is 2.58. The summed E-state index contributed by atoms with van der Waals surface area (Å²) < 4.78 is 1.60. The minimum atomic E-state index is -0.0740. The summed E-state index contributed by atoms with van der Waals surface area (Å²) in [7, 11) is 0. The van der Waals surface area contributed by atoms with Crippen molar-refractivity contribution < 1.29 is 0 Å². The Kier molecular flexibility index (Phi) is 3.48. The van der Waals surface area contributed by atoms with Crippen molar-refractivity contribution in [2.45, 2.75) is 12.4 Å². The van der Waals surface area contributed by atoms with E-state index in [9.17, 15) is 4.79 Å². The number of benzene rings is 1. The Morgan fingerprint density at radius 1 is 1.15 bits per heavy atom. The number of fused-ring (bicyclic) bond motifs is 1. The highest BCUT2D eigenvalue weighted by Crippen LogP contribution is 2.11. The van der Waals surface area contributed by atoms with Crippen molar-refractivity contribution in [3.05, 3.63) is 70.5 Å². The molecule has 100 valence electrons. The van der Waals surface area contributed by atoms with E-state index in [1.807, 2.05) is 30.3 Å². The van der Waals surface area contributed by atoms with Crippen LogP contribution in [0.1, 0.15) is 11.4 Å². The van der Waals surface area contributed by atoms with Gasteiger partial charge in [0.15, 0.2) is 0 Å². The standard InChI is InChI=1S/C15H12ClN3O/c16-8-14-18-13-6-2-1-5-12(13)15(20)19(14)10-11-4-3-7-17-9-11/h1-7,9H,8,10H2. The third kappa shape index (κ3) is 2.30. The van der Waals surface area contributed by atoms with Crippen LogP contribution in [0.3, 0.4) is 0 Å². The monoisotopic (exact) mass is 285 g/mol. The predicted molar refractivity (Wildman–Crippen MR) is 78.9 cm³/mol. The van der Waals surface area contributed by atoms with Crippen LogP contribution in [-0.2, 0) is 12.4 Å². The molecule has 0 bridgehead atoms. The summed E-state index contributed by atoms with van der Waals surface area (Å²) in [4.78, 5) is 21.1. The van der Waals surface area contributed by atoms with Gasteiger partial charge in [-0.15, -0.1) is 11.6 Å². The summed E-state index contributed by atoms with van der Waals surface area (Å²) in [5.74, 6) is 0.764. The lowest BCUT2D eigenvalue weighted by atomic mass is 10.2. The molecule has 0 aliphatic heterocycles. The van der Waals surface area contributed by atoms with Crippen molar-refractivity contribution in [3.63, 3.8) is 0 Å². The number of rotatable bonds is 3. The highest BCUT2D eigenvalue weighted by atomic mass is 35.5. The molecule has 20 heavy (non-hydrogen) atoms. The quantitative estimate of drug-likeness (QED) is 0.695. The molecule has 3 aromatic rings. The third-order valence-corrected chi connectivity index (χ3v) is 3.36. The van der Waals surface area contributed by atoms with Crippen LogP contribution < -0.4 is 5.56 Å². The van der Waals surface area contributed by atoms with Crippen LogP contribution in [0.2, 0.25) is 0 Å². The molecule has 0 fully saturated rings. The van der Waals surface area contributed by atoms with Gasteiger partial charge < -0.3 is 0 Å². The molecule has 0 radical (unpaired) electrons. The lowest BCUT2D eigenvalue weighted by Gasteiger charge is -2.11. The first-order valence-corrected chi connectivity index (χ1v) is 6.76. The van der Waals surface area contributed by atoms with Crippen LogP contribution in [-0.4, -0.2) is 14.5 Å². The molecule has 5 heteroatoms. The maximum absolute atomic E-state index is 12.6. The normalized spacial score (nSPS) is 10.8. The summed E-state index contributed by atoms with van der Waals surface area (Å²) in [5.41, 5.74) is 1.55. The van der Waals surface area contributed by atoms with Crippen molar-refractivity contribution in [2.75, 3.05) is 0 Å². The lowest BCUT2D eigenvalue weighted by Crippen LogP contribution is -2.25. The van der Waals surface area contributed by atoms with Crippen LogP contribution in [0.15, 0.2) is 53.6 Å². The van der Waals surface area contributed by atoms with Crippen LogP contribution >= 0.6 is 11.6 Å². The first-order valence-electron chi connectivity index (χ1n) is 6.23. The smallest absolute Gasteiger partial charge is 0.261 e. The van der Waals surface area contributed by atoms with Crippen molar-refractivity contribution in [1.29, 1.82) is 0 Å². The second-order valence-electron chi connectivity index (χ2n) is 4.43. The number of hydrogen-bond acceptors (Lipinski definition) is 3. The molecule has 0 unspecified atom stereocenters. The lowest BCUT2D eigenvalue weighted by molar-refractivity contribution is 0.704. The molecule has 3 rings (SSSR count). The summed E-state index contributed by atoms with van der Waals surface area (Å²) in [6.07, 6.45) is 3.44. The Balaban J connectivity index is 2.18. The van der Waals surface area contributed by atoms with E-state index in [0.717, 1.165) is 5.56 Å². The van der Waals surface area contributed by atoms with Crippen LogP contribution in [0.4, 0.5) is 0 Å². The Labute approximate surface area is 120 Å². The molecule has 0 aliphatic carbocycles. The Hall–Kier alpha value is -2.20. The van der Waals surface area contributed by atoms with E-state index in [0.29, 0.717) is 23.3 Å². The van der Waals surface area contributed by atoms with Crippen LogP contribution in [0.25, 0.3) is 10.9 Å². The highest BCUT2D eigenvalue weighted by molar-refractivity contribution is 6.16. The van der Waals surface area contributed by atoms with Gasteiger partial charge >= 0.3 is 0 Å². The molecule has 1 aromatic carbocycles. The maximum Gasteiger partial charge on any atom is 0.261 e. The Morgan fingerprint density at radius 3 is 2.75 bits per heavy atom. The van der Waals surface area contributed by atoms with E-state index in [-0.39, 0.29) is 11.4 Å². The first kappa shape index (κ1) is 12.8. The van der Waals surface area contributed by atoms with Gasteiger partial charge in [-0.3, -0.25) is 14.3 Å². The number of halogens is 1. The van der Waals surface area contributed by atoms with E-state index in [1.165, 1.54) is 0 Å². The SMILES string of the molecule is O=c1c2ccccc2nc(CCl)n1Cc1cccnc1. The summed E-state index contributed by atoms with van der Waals surface area (Å²) >= 11 is 5.93. The van der Waals surface area contributed by atoms with Gasteiger partial charge in [0.05, 0.1) is 23.3 Å². The zero-order valence-electron chi connectivity index (χ0n) is 10.7. The van der Waals surface area contributed by atoms with Crippen molar-refractivity contribution >= 4 is 22.5 Å². The summed E-state index contributed by atoms with van der Waals surface area (Å²) in [6, 6.07) is 11.1.